The molecule has 1 saturated heterocycles. The molecule has 1 rings (SSSR count). The monoisotopic (exact) mass is 406 g/mol. The van der Waals surface area contributed by atoms with E-state index in [1.807, 2.05) is 4.90 Å². The zero-order valence-corrected chi connectivity index (χ0v) is 16.0. The van der Waals surface area contributed by atoms with Crippen molar-refractivity contribution in [1.29, 1.82) is 0 Å². The van der Waals surface area contributed by atoms with Crippen molar-refractivity contribution in [1.82, 2.24) is 20.4 Å². The van der Waals surface area contributed by atoms with Crippen LogP contribution in [0, 0.1) is 0 Å². The van der Waals surface area contributed by atoms with Crippen LogP contribution in [0.5, 0.6) is 0 Å². The number of hydrogen-bond acceptors (Lipinski definition) is 9. The summed E-state index contributed by atoms with van der Waals surface area (Å²) in [4.78, 5) is 37.9. The Labute approximate surface area is 163 Å². The fourth-order valence-electron chi connectivity index (χ4n) is 3.11. The lowest BCUT2D eigenvalue weighted by Crippen LogP contribution is -2.67. The number of nitrogens with one attached hydrogen (secondary N) is 2. The molecular formula is C16H30N4O8. The lowest BCUT2D eigenvalue weighted by Gasteiger charge is -2.36. The number of methoxy groups -OCH3 is 1. The maximum Gasteiger partial charge on any atom is 0.347 e. The molecule has 1 atom stereocenters. The van der Waals surface area contributed by atoms with Crippen molar-refractivity contribution in [2.45, 2.75) is 11.6 Å². The van der Waals surface area contributed by atoms with Crippen LogP contribution in [0.2, 0.25) is 0 Å². The van der Waals surface area contributed by atoms with Gasteiger partial charge in [0.1, 0.15) is 0 Å². The summed E-state index contributed by atoms with van der Waals surface area (Å²) in [6.45, 7) is 2.84. The van der Waals surface area contributed by atoms with E-state index in [2.05, 4.69) is 10.6 Å². The molecule has 12 heteroatoms. The van der Waals surface area contributed by atoms with Gasteiger partial charge in [-0.1, -0.05) is 0 Å². The Bertz CT molecular complexity index is 497. The molecule has 1 aliphatic rings. The predicted molar refractivity (Wildman–Crippen MR) is 97.3 cm³/mol. The molecule has 28 heavy (non-hydrogen) atoms. The van der Waals surface area contributed by atoms with Crippen LogP contribution < -0.4 is 10.6 Å². The smallest absolute Gasteiger partial charge is 0.347 e. The molecule has 0 amide bonds. The zero-order chi connectivity index (χ0) is 21.2. The number of aliphatic hydroxyl groups excluding tert-OH is 1. The molecule has 0 aromatic carbocycles. The first-order chi connectivity index (χ1) is 13.3. The summed E-state index contributed by atoms with van der Waals surface area (Å²) >= 11 is 0. The number of nitrogens with zero attached hydrogens (tertiary/aromatic N) is 2. The first-order valence-corrected chi connectivity index (χ1v) is 9.02. The van der Waals surface area contributed by atoms with Gasteiger partial charge in [0.15, 0.2) is 0 Å². The van der Waals surface area contributed by atoms with Crippen molar-refractivity contribution < 1.29 is 39.5 Å². The molecule has 162 valence electrons. The number of carboxylic acid groups (broad SMARTS) is 3. The SMILES string of the molecule is COCC(O)CN1CCNCCNCCN(C(C(=O)O)(C(=O)O)C(=O)O)CC1. The van der Waals surface area contributed by atoms with Gasteiger partial charge in [-0.15, -0.1) is 0 Å². The van der Waals surface area contributed by atoms with Gasteiger partial charge in [0.2, 0.25) is 0 Å². The van der Waals surface area contributed by atoms with Gasteiger partial charge in [0.25, 0.3) is 0 Å². The molecule has 6 N–H and O–H groups in total. The molecule has 1 heterocycles. The molecular weight excluding hydrogens is 376 g/mol. The van der Waals surface area contributed by atoms with Gasteiger partial charge >= 0.3 is 23.4 Å². The third kappa shape index (κ3) is 6.36. The molecule has 0 bridgehead atoms. The third-order valence-corrected chi connectivity index (χ3v) is 4.56. The van der Waals surface area contributed by atoms with Crippen molar-refractivity contribution in [3.8, 4) is 0 Å². The van der Waals surface area contributed by atoms with Crippen molar-refractivity contribution >= 4 is 17.9 Å². The minimum atomic E-state index is -3.08. The van der Waals surface area contributed by atoms with Crippen LogP contribution in [0.3, 0.4) is 0 Å². The maximum absolute atomic E-state index is 11.7. The Morgan fingerprint density at radius 1 is 0.929 bits per heavy atom. The van der Waals surface area contributed by atoms with Gasteiger partial charge in [0, 0.05) is 66.0 Å². The van der Waals surface area contributed by atoms with E-state index in [1.165, 1.54) is 7.11 Å². The van der Waals surface area contributed by atoms with E-state index in [9.17, 15) is 34.8 Å². The lowest BCUT2D eigenvalue weighted by molar-refractivity contribution is -0.179. The van der Waals surface area contributed by atoms with Crippen LogP contribution in [0.25, 0.3) is 0 Å². The van der Waals surface area contributed by atoms with Crippen LogP contribution in [-0.4, -0.2) is 132 Å². The minimum absolute atomic E-state index is 0.0840. The van der Waals surface area contributed by atoms with Crippen LogP contribution in [-0.2, 0) is 19.1 Å². The van der Waals surface area contributed by atoms with E-state index in [0.717, 1.165) is 4.90 Å². The van der Waals surface area contributed by atoms with Crippen molar-refractivity contribution in [2.75, 3.05) is 72.6 Å². The maximum atomic E-state index is 11.7. The summed E-state index contributed by atoms with van der Waals surface area (Å²) in [6.07, 6.45) is -0.781. The van der Waals surface area contributed by atoms with E-state index in [4.69, 9.17) is 4.74 Å². The Morgan fingerprint density at radius 2 is 1.46 bits per heavy atom. The number of aliphatic carboxylic acids is 3. The number of carboxylic acids is 3. The third-order valence-electron chi connectivity index (χ3n) is 4.56. The largest absolute Gasteiger partial charge is 0.479 e. The van der Waals surface area contributed by atoms with Crippen LogP contribution in [0.4, 0.5) is 0 Å². The zero-order valence-electron chi connectivity index (χ0n) is 16.0. The normalized spacial score (nSPS) is 19.9. The van der Waals surface area contributed by atoms with E-state index >= 15 is 0 Å². The van der Waals surface area contributed by atoms with E-state index < -0.39 is 29.6 Å². The van der Waals surface area contributed by atoms with E-state index in [1.54, 1.807) is 0 Å². The minimum Gasteiger partial charge on any atom is -0.479 e. The van der Waals surface area contributed by atoms with Gasteiger partial charge in [-0.2, -0.15) is 0 Å². The van der Waals surface area contributed by atoms with Crippen LogP contribution >= 0.6 is 0 Å². The number of aliphatic hydroxyl groups is 1. The molecule has 0 aromatic rings. The Balaban J connectivity index is 3.07. The lowest BCUT2D eigenvalue weighted by atomic mass is 9.97. The number of hydrogen-bond donors (Lipinski definition) is 6. The topological polar surface area (TPSA) is 172 Å². The summed E-state index contributed by atoms with van der Waals surface area (Å²) in [5, 5.41) is 44.7. The summed E-state index contributed by atoms with van der Waals surface area (Å²) in [5.41, 5.74) is -3.08. The van der Waals surface area contributed by atoms with E-state index in [0.29, 0.717) is 26.2 Å². The summed E-state index contributed by atoms with van der Waals surface area (Å²) in [7, 11) is 1.46. The number of carbonyl (C=O) groups is 3. The van der Waals surface area contributed by atoms with Crippen molar-refractivity contribution in [2.24, 2.45) is 0 Å². The van der Waals surface area contributed by atoms with Crippen molar-refractivity contribution in [3.63, 3.8) is 0 Å². The Hall–Kier alpha value is -1.83. The second kappa shape index (κ2) is 11.9. The van der Waals surface area contributed by atoms with Crippen molar-refractivity contribution in [3.05, 3.63) is 0 Å². The number of ether oxygens (including phenoxy) is 1. The molecule has 0 radical (unpaired) electrons. The van der Waals surface area contributed by atoms with Gasteiger partial charge in [0.05, 0.1) is 12.7 Å². The van der Waals surface area contributed by atoms with Gasteiger partial charge in [-0.25, -0.2) is 14.4 Å². The number of β-amino-alcohol motifs (C(OH)–C–C–N with tert-alkyl or cyclic N) is 1. The molecule has 0 spiro atoms. The summed E-state index contributed by atoms with van der Waals surface area (Å²) < 4.78 is 4.91. The van der Waals surface area contributed by atoms with Gasteiger partial charge in [-0.3, -0.25) is 9.80 Å². The van der Waals surface area contributed by atoms with Crippen LogP contribution in [0.1, 0.15) is 0 Å². The highest BCUT2D eigenvalue weighted by molar-refractivity contribution is 6.21. The Morgan fingerprint density at radius 3 is 1.96 bits per heavy atom. The highest BCUT2D eigenvalue weighted by Crippen LogP contribution is 2.18. The first kappa shape index (κ1) is 24.2. The molecule has 0 saturated carbocycles. The van der Waals surface area contributed by atoms with Crippen LogP contribution in [0.15, 0.2) is 0 Å². The molecule has 1 aliphatic heterocycles. The fraction of sp³-hybridized carbons (Fsp3) is 0.812. The predicted octanol–water partition coefficient (Wildman–Crippen LogP) is -3.22. The molecule has 1 fully saturated rings. The number of rotatable bonds is 8. The first-order valence-electron chi connectivity index (χ1n) is 9.02. The quantitative estimate of drug-likeness (QED) is 0.223. The molecule has 0 aliphatic carbocycles. The molecule has 12 nitrogen and oxygen atoms in total. The highest BCUT2D eigenvalue weighted by atomic mass is 16.5. The molecule has 0 aromatic heterocycles. The summed E-state index contributed by atoms with van der Waals surface area (Å²) in [5.74, 6) is -5.85. The fourth-order valence-corrected chi connectivity index (χ4v) is 3.11. The second-order valence-corrected chi connectivity index (χ2v) is 6.52. The highest BCUT2D eigenvalue weighted by Gasteiger charge is 2.59. The van der Waals surface area contributed by atoms with Gasteiger partial charge < -0.3 is 35.8 Å². The standard InChI is InChI=1S/C16H30N4O8/c1-28-11-12(21)10-19-6-4-17-2-3-18-5-7-20(9-8-19)16(13(22)23,14(24)25)15(26)27/h12,17-18,21H,2-11H2,1H3,(H,22,23)(H,24,25)(H,26,27). The van der Waals surface area contributed by atoms with Gasteiger partial charge in [-0.05, 0) is 0 Å². The Kier molecular flexibility index (Phi) is 10.3. The average molecular weight is 406 g/mol. The van der Waals surface area contributed by atoms with E-state index in [-0.39, 0.29) is 39.3 Å². The summed E-state index contributed by atoms with van der Waals surface area (Å²) in [6, 6.07) is 0. The molecule has 1 unspecified atom stereocenters. The second-order valence-electron chi connectivity index (χ2n) is 6.52. The average Bonchev–Trinajstić information content (AvgIpc) is 2.58.